The van der Waals surface area contributed by atoms with Crippen LogP contribution in [0, 0.1) is 17.0 Å². The number of H-pyrrole nitrogens is 1. The Morgan fingerprint density at radius 1 is 1.57 bits per heavy atom. The molecule has 1 aromatic carbocycles. The third-order valence-corrected chi connectivity index (χ3v) is 4.05. The summed E-state index contributed by atoms with van der Waals surface area (Å²) in [5.74, 6) is -1.13. The Labute approximate surface area is 124 Å². The summed E-state index contributed by atoms with van der Waals surface area (Å²) in [5, 5.41) is 20.7. The van der Waals surface area contributed by atoms with Crippen molar-refractivity contribution in [3.63, 3.8) is 0 Å². The van der Waals surface area contributed by atoms with Crippen LogP contribution in [0.2, 0.25) is 0 Å². The summed E-state index contributed by atoms with van der Waals surface area (Å²) in [6.07, 6.45) is 1.88. The van der Waals surface area contributed by atoms with Crippen LogP contribution in [-0.4, -0.2) is 33.3 Å². The maximum Gasteiger partial charge on any atom is 0.320 e. The van der Waals surface area contributed by atoms with Crippen molar-refractivity contribution in [2.24, 2.45) is 5.73 Å². The minimum Gasteiger partial charge on any atom is -0.480 e. The molecule has 0 bridgehead atoms. The molecule has 1 atom stereocenters. The number of aryl methyl sites for hydroxylation is 1. The van der Waals surface area contributed by atoms with E-state index in [2.05, 4.69) is 4.98 Å². The van der Waals surface area contributed by atoms with E-state index in [1.54, 1.807) is 6.92 Å². The fraction of sp³-hybridized carbons (Fsp3) is 0.308. The molecule has 1 heterocycles. The van der Waals surface area contributed by atoms with E-state index in [1.807, 2.05) is 12.3 Å². The standard InChI is InChI=1S/C13H15N3O4S/c1-6-8(5-9(14)13(17)18)12-10(15-6)3-7(21-2)4-11(12)16(19)20/h3-4,9,15H,5,14H2,1-2H3,(H,17,18). The molecule has 7 nitrogen and oxygen atoms in total. The fourth-order valence-electron chi connectivity index (χ4n) is 2.31. The smallest absolute Gasteiger partial charge is 0.320 e. The maximum absolute atomic E-state index is 11.3. The number of benzene rings is 1. The Morgan fingerprint density at radius 3 is 2.76 bits per heavy atom. The summed E-state index contributed by atoms with van der Waals surface area (Å²) in [6.45, 7) is 1.76. The minimum atomic E-state index is -1.13. The predicted octanol–water partition coefficient (Wildman–Crippen LogP) is 2.06. The molecule has 112 valence electrons. The van der Waals surface area contributed by atoms with Crippen LogP contribution in [0.3, 0.4) is 0 Å². The summed E-state index contributed by atoms with van der Waals surface area (Å²) < 4.78 is 0. The number of rotatable bonds is 5. The van der Waals surface area contributed by atoms with Gasteiger partial charge >= 0.3 is 5.97 Å². The van der Waals surface area contributed by atoms with Crippen molar-refractivity contribution in [3.05, 3.63) is 33.5 Å². The van der Waals surface area contributed by atoms with Crippen LogP contribution >= 0.6 is 11.8 Å². The molecule has 0 aliphatic carbocycles. The van der Waals surface area contributed by atoms with Crippen molar-refractivity contribution in [1.29, 1.82) is 0 Å². The molecule has 0 aliphatic rings. The number of hydrogen-bond acceptors (Lipinski definition) is 5. The van der Waals surface area contributed by atoms with Crippen LogP contribution in [-0.2, 0) is 11.2 Å². The molecule has 0 fully saturated rings. The summed E-state index contributed by atoms with van der Waals surface area (Å²) >= 11 is 1.41. The van der Waals surface area contributed by atoms with Crippen molar-refractivity contribution < 1.29 is 14.8 Å². The van der Waals surface area contributed by atoms with Crippen LogP contribution in [0.5, 0.6) is 0 Å². The highest BCUT2D eigenvalue weighted by molar-refractivity contribution is 7.98. The number of aromatic amines is 1. The summed E-state index contributed by atoms with van der Waals surface area (Å²) in [4.78, 5) is 25.6. The minimum absolute atomic E-state index is 0.0335. The van der Waals surface area contributed by atoms with E-state index in [9.17, 15) is 14.9 Å². The Kier molecular flexibility index (Phi) is 4.19. The Morgan fingerprint density at radius 2 is 2.24 bits per heavy atom. The van der Waals surface area contributed by atoms with Gasteiger partial charge in [0.05, 0.1) is 15.8 Å². The number of carboxylic acids is 1. The Balaban J connectivity index is 2.68. The number of nitro groups is 1. The number of aromatic nitrogens is 1. The molecule has 0 saturated heterocycles. The molecule has 2 rings (SSSR count). The molecule has 0 amide bonds. The first kappa shape index (κ1) is 15.3. The molecule has 2 aromatic rings. The normalized spacial score (nSPS) is 12.5. The second kappa shape index (κ2) is 5.74. The monoisotopic (exact) mass is 309 g/mol. The SMILES string of the molecule is CSc1cc([N+](=O)[O-])c2c(CC(N)C(=O)O)c(C)[nH]c2c1. The van der Waals surface area contributed by atoms with E-state index in [1.165, 1.54) is 17.8 Å². The lowest BCUT2D eigenvalue weighted by Gasteiger charge is -2.07. The number of carboxylic acid groups (broad SMARTS) is 1. The number of nitrogens with zero attached hydrogens (tertiary/aromatic N) is 1. The van der Waals surface area contributed by atoms with Crippen LogP contribution in [0.15, 0.2) is 17.0 Å². The fourth-order valence-corrected chi connectivity index (χ4v) is 2.77. The molecule has 0 spiro atoms. The maximum atomic E-state index is 11.3. The molecule has 4 N–H and O–H groups in total. The second-order valence-electron chi connectivity index (χ2n) is 4.70. The van der Waals surface area contributed by atoms with Gasteiger partial charge in [0.15, 0.2) is 0 Å². The van der Waals surface area contributed by atoms with E-state index < -0.39 is 16.9 Å². The lowest BCUT2D eigenvalue weighted by molar-refractivity contribution is -0.383. The third-order valence-electron chi connectivity index (χ3n) is 3.34. The van der Waals surface area contributed by atoms with E-state index in [0.29, 0.717) is 22.2 Å². The van der Waals surface area contributed by atoms with E-state index in [4.69, 9.17) is 10.8 Å². The lowest BCUT2D eigenvalue weighted by atomic mass is 10.0. The zero-order valence-corrected chi connectivity index (χ0v) is 12.4. The van der Waals surface area contributed by atoms with Crippen LogP contribution < -0.4 is 5.73 Å². The highest BCUT2D eigenvalue weighted by Crippen LogP contribution is 2.35. The summed E-state index contributed by atoms with van der Waals surface area (Å²) in [6, 6.07) is 2.22. The molecular formula is C13H15N3O4S. The van der Waals surface area contributed by atoms with Gasteiger partial charge in [0.2, 0.25) is 0 Å². The number of fused-ring (bicyclic) bond motifs is 1. The highest BCUT2D eigenvalue weighted by Gasteiger charge is 2.23. The van der Waals surface area contributed by atoms with Gasteiger partial charge in [0, 0.05) is 23.1 Å². The molecule has 8 heteroatoms. The number of carbonyl (C=O) groups is 1. The number of nitrogens with one attached hydrogen (secondary N) is 1. The average molecular weight is 309 g/mol. The van der Waals surface area contributed by atoms with Gasteiger partial charge in [-0.2, -0.15) is 0 Å². The largest absolute Gasteiger partial charge is 0.480 e. The first-order chi connectivity index (χ1) is 9.85. The molecule has 21 heavy (non-hydrogen) atoms. The van der Waals surface area contributed by atoms with Crippen LogP contribution in [0.4, 0.5) is 5.69 Å². The third kappa shape index (κ3) is 2.86. The van der Waals surface area contributed by atoms with Gasteiger partial charge in [-0.05, 0) is 24.8 Å². The molecule has 0 saturated carbocycles. The van der Waals surface area contributed by atoms with Gasteiger partial charge in [-0.25, -0.2) is 0 Å². The number of nitro benzene ring substituents is 1. The average Bonchev–Trinajstić information content (AvgIpc) is 2.73. The zero-order chi connectivity index (χ0) is 15.7. The number of thioether (sulfide) groups is 1. The Bertz CT molecular complexity index is 726. The van der Waals surface area contributed by atoms with E-state index in [-0.39, 0.29) is 12.1 Å². The topological polar surface area (TPSA) is 122 Å². The zero-order valence-electron chi connectivity index (χ0n) is 11.5. The lowest BCUT2D eigenvalue weighted by Crippen LogP contribution is -2.32. The number of non-ortho nitro benzene ring substituents is 1. The van der Waals surface area contributed by atoms with Crippen molar-refractivity contribution in [2.75, 3.05) is 6.26 Å². The second-order valence-corrected chi connectivity index (χ2v) is 5.58. The number of nitrogens with two attached hydrogens (primary N) is 1. The molecular weight excluding hydrogens is 294 g/mol. The van der Waals surface area contributed by atoms with Crippen molar-refractivity contribution in [1.82, 2.24) is 4.98 Å². The van der Waals surface area contributed by atoms with E-state index in [0.717, 1.165) is 4.90 Å². The number of hydrogen-bond donors (Lipinski definition) is 3. The van der Waals surface area contributed by atoms with Crippen LogP contribution in [0.25, 0.3) is 10.9 Å². The molecule has 0 aliphatic heterocycles. The quantitative estimate of drug-likeness (QED) is 0.441. The summed E-state index contributed by atoms with van der Waals surface area (Å²) in [5.41, 5.74) is 7.43. The van der Waals surface area contributed by atoms with Gasteiger partial charge in [0.1, 0.15) is 6.04 Å². The first-order valence-corrected chi connectivity index (χ1v) is 7.39. The molecule has 0 radical (unpaired) electrons. The first-order valence-electron chi connectivity index (χ1n) is 6.17. The van der Waals surface area contributed by atoms with Gasteiger partial charge in [-0.15, -0.1) is 11.8 Å². The van der Waals surface area contributed by atoms with Crippen molar-refractivity contribution in [3.8, 4) is 0 Å². The highest BCUT2D eigenvalue weighted by atomic mass is 32.2. The van der Waals surface area contributed by atoms with Crippen LogP contribution in [0.1, 0.15) is 11.3 Å². The van der Waals surface area contributed by atoms with Crippen molar-refractivity contribution in [2.45, 2.75) is 24.3 Å². The molecule has 1 aromatic heterocycles. The van der Waals surface area contributed by atoms with Gasteiger partial charge in [0.25, 0.3) is 5.69 Å². The van der Waals surface area contributed by atoms with Gasteiger partial charge in [-0.3, -0.25) is 14.9 Å². The van der Waals surface area contributed by atoms with Crippen molar-refractivity contribution >= 4 is 34.3 Å². The summed E-state index contributed by atoms with van der Waals surface area (Å²) in [7, 11) is 0. The predicted molar refractivity (Wildman–Crippen MR) is 80.8 cm³/mol. The Hall–Kier alpha value is -2.06. The number of aliphatic carboxylic acids is 1. The van der Waals surface area contributed by atoms with Gasteiger partial charge in [-0.1, -0.05) is 0 Å². The molecule has 1 unspecified atom stereocenters. The van der Waals surface area contributed by atoms with Gasteiger partial charge < -0.3 is 15.8 Å². The van der Waals surface area contributed by atoms with E-state index >= 15 is 0 Å².